The van der Waals surface area contributed by atoms with Gasteiger partial charge in [-0.25, -0.2) is 0 Å². The third-order valence-corrected chi connectivity index (χ3v) is 6.53. The number of hydrogen-bond acceptors (Lipinski definition) is 3. The minimum atomic E-state index is 0.290. The van der Waals surface area contributed by atoms with Crippen molar-refractivity contribution in [3.05, 3.63) is 69.7 Å². The summed E-state index contributed by atoms with van der Waals surface area (Å²) < 4.78 is 6.20. The van der Waals surface area contributed by atoms with Crippen LogP contribution in [0.1, 0.15) is 36.3 Å². The lowest BCUT2D eigenvalue weighted by atomic mass is 9.89. The van der Waals surface area contributed by atoms with Crippen LogP contribution in [0.4, 0.5) is 0 Å². The number of nitrogens with zero attached hydrogens (tertiary/aromatic N) is 2. The van der Waals surface area contributed by atoms with E-state index < -0.39 is 0 Å². The maximum atomic E-state index is 6.20. The summed E-state index contributed by atoms with van der Waals surface area (Å²) >= 11 is 12.4. The highest BCUT2D eigenvalue weighted by Crippen LogP contribution is 2.32. The molecule has 2 aromatic rings. The largest absolute Gasteiger partial charge is 0.376 e. The van der Waals surface area contributed by atoms with Crippen LogP contribution >= 0.6 is 23.2 Å². The van der Waals surface area contributed by atoms with Crippen LogP contribution in [0.15, 0.2) is 48.5 Å². The zero-order valence-corrected chi connectivity index (χ0v) is 18.4. The molecular weight excluding hydrogens is 403 g/mol. The molecule has 0 spiro atoms. The first-order chi connectivity index (χ1) is 14.2. The Labute approximate surface area is 184 Å². The van der Waals surface area contributed by atoms with Crippen molar-refractivity contribution < 1.29 is 4.74 Å². The molecule has 1 atom stereocenters. The number of hydrogen-bond donors (Lipinski definition) is 0. The van der Waals surface area contributed by atoms with Gasteiger partial charge in [-0.3, -0.25) is 4.90 Å². The average Bonchev–Trinajstić information content (AvgIpc) is 2.93. The smallest absolute Gasteiger partial charge is 0.0828 e. The molecule has 156 valence electrons. The maximum absolute atomic E-state index is 6.20. The van der Waals surface area contributed by atoms with Gasteiger partial charge in [0.15, 0.2) is 0 Å². The van der Waals surface area contributed by atoms with Crippen molar-refractivity contribution in [2.75, 3.05) is 39.3 Å². The minimum absolute atomic E-state index is 0.290. The Morgan fingerprint density at radius 3 is 2.34 bits per heavy atom. The summed E-state index contributed by atoms with van der Waals surface area (Å²) in [5, 5.41) is 1.47. The van der Waals surface area contributed by atoms with E-state index in [1.165, 1.54) is 11.1 Å². The van der Waals surface area contributed by atoms with Crippen molar-refractivity contribution >= 4 is 23.2 Å². The first kappa shape index (κ1) is 21.1. The number of piperidine rings is 1. The molecule has 0 N–H and O–H groups in total. The highest BCUT2D eigenvalue weighted by atomic mass is 35.5. The lowest BCUT2D eigenvalue weighted by molar-refractivity contribution is 0.0203. The first-order valence-corrected chi connectivity index (χ1v) is 11.5. The second-order valence-electron chi connectivity index (χ2n) is 8.34. The SMILES string of the molecule is Clc1cc(Cl)cc(C2CCN(CC3CN(Cc4ccccc4)CCCO3)CC2)c1. The lowest BCUT2D eigenvalue weighted by Gasteiger charge is -2.35. The van der Waals surface area contributed by atoms with Gasteiger partial charge in [0.1, 0.15) is 0 Å². The molecule has 2 aliphatic heterocycles. The van der Waals surface area contributed by atoms with Gasteiger partial charge < -0.3 is 9.64 Å². The average molecular weight is 433 g/mol. The summed E-state index contributed by atoms with van der Waals surface area (Å²) in [6.45, 7) is 7.24. The summed E-state index contributed by atoms with van der Waals surface area (Å²) in [6.07, 6.45) is 3.70. The van der Waals surface area contributed by atoms with Crippen LogP contribution in [0.3, 0.4) is 0 Å². The Morgan fingerprint density at radius 2 is 1.62 bits per heavy atom. The fraction of sp³-hybridized carbons (Fsp3) is 0.500. The molecule has 2 fully saturated rings. The minimum Gasteiger partial charge on any atom is -0.376 e. The first-order valence-electron chi connectivity index (χ1n) is 10.7. The molecule has 2 aromatic carbocycles. The second kappa shape index (κ2) is 10.3. The normalized spacial score (nSPS) is 22.5. The van der Waals surface area contributed by atoms with E-state index in [1.54, 1.807) is 0 Å². The Balaban J connectivity index is 1.29. The molecule has 2 saturated heterocycles. The number of rotatable bonds is 5. The molecule has 0 bridgehead atoms. The second-order valence-corrected chi connectivity index (χ2v) is 9.22. The van der Waals surface area contributed by atoms with Crippen LogP contribution in [-0.4, -0.2) is 55.2 Å². The molecule has 0 aromatic heterocycles. The zero-order chi connectivity index (χ0) is 20.1. The third-order valence-electron chi connectivity index (χ3n) is 6.09. The predicted octanol–water partition coefficient (Wildman–Crippen LogP) is 5.46. The molecule has 1 unspecified atom stereocenters. The van der Waals surface area contributed by atoms with E-state index in [9.17, 15) is 0 Å². The van der Waals surface area contributed by atoms with E-state index in [0.717, 1.165) is 75.2 Å². The fourth-order valence-electron chi connectivity index (χ4n) is 4.61. The molecule has 5 heteroatoms. The number of halogens is 2. The molecule has 0 amide bonds. The van der Waals surface area contributed by atoms with Crippen LogP contribution in [0.2, 0.25) is 10.0 Å². The molecule has 2 heterocycles. The molecule has 0 saturated carbocycles. The lowest BCUT2D eigenvalue weighted by Crippen LogP contribution is -2.43. The van der Waals surface area contributed by atoms with E-state index in [2.05, 4.69) is 52.3 Å². The van der Waals surface area contributed by atoms with Crippen molar-refractivity contribution in [1.82, 2.24) is 9.80 Å². The Bertz CT molecular complexity index is 757. The van der Waals surface area contributed by atoms with Crippen molar-refractivity contribution in [3.63, 3.8) is 0 Å². The molecule has 4 rings (SSSR count). The predicted molar refractivity (Wildman–Crippen MR) is 121 cm³/mol. The van der Waals surface area contributed by atoms with Crippen LogP contribution in [0.25, 0.3) is 0 Å². The van der Waals surface area contributed by atoms with Crippen molar-refractivity contribution in [2.24, 2.45) is 0 Å². The van der Waals surface area contributed by atoms with Gasteiger partial charge in [0, 0.05) is 42.8 Å². The fourth-order valence-corrected chi connectivity index (χ4v) is 5.16. The van der Waals surface area contributed by atoms with Gasteiger partial charge >= 0.3 is 0 Å². The summed E-state index contributed by atoms with van der Waals surface area (Å²) in [6, 6.07) is 16.7. The maximum Gasteiger partial charge on any atom is 0.0828 e. The van der Waals surface area contributed by atoms with Crippen molar-refractivity contribution in [1.29, 1.82) is 0 Å². The summed E-state index contributed by atoms with van der Waals surface area (Å²) in [5.74, 6) is 0.548. The third kappa shape index (κ3) is 6.19. The molecule has 2 aliphatic rings. The number of benzene rings is 2. The summed E-state index contributed by atoms with van der Waals surface area (Å²) in [5.41, 5.74) is 2.66. The van der Waals surface area contributed by atoms with Crippen LogP contribution in [-0.2, 0) is 11.3 Å². The van der Waals surface area contributed by atoms with Crippen molar-refractivity contribution in [3.8, 4) is 0 Å². The number of ether oxygens (including phenoxy) is 1. The zero-order valence-electron chi connectivity index (χ0n) is 16.9. The van der Waals surface area contributed by atoms with E-state index in [-0.39, 0.29) is 0 Å². The van der Waals surface area contributed by atoms with Crippen LogP contribution in [0, 0.1) is 0 Å². The van der Waals surface area contributed by atoms with Crippen molar-refractivity contribution in [2.45, 2.75) is 37.8 Å². The van der Waals surface area contributed by atoms with Gasteiger partial charge in [0.2, 0.25) is 0 Å². The molecule has 0 aliphatic carbocycles. The summed E-state index contributed by atoms with van der Waals surface area (Å²) in [4.78, 5) is 5.12. The molecule has 3 nitrogen and oxygen atoms in total. The quantitative estimate of drug-likeness (QED) is 0.623. The Hall–Kier alpha value is -1.10. The van der Waals surface area contributed by atoms with E-state index >= 15 is 0 Å². The standard InChI is InChI=1S/C24H30Cl2N2O/c25-22-13-21(14-23(26)15-22)20-7-10-27(11-8-20)17-24-18-28(9-4-12-29-24)16-19-5-2-1-3-6-19/h1-3,5-6,13-15,20,24H,4,7-12,16-18H2. The Morgan fingerprint density at radius 1 is 0.897 bits per heavy atom. The van der Waals surface area contributed by atoms with E-state index in [4.69, 9.17) is 27.9 Å². The summed E-state index contributed by atoms with van der Waals surface area (Å²) in [7, 11) is 0. The molecular formula is C24H30Cl2N2O. The highest BCUT2D eigenvalue weighted by Gasteiger charge is 2.25. The monoisotopic (exact) mass is 432 g/mol. The highest BCUT2D eigenvalue weighted by molar-refractivity contribution is 6.34. The topological polar surface area (TPSA) is 15.7 Å². The number of likely N-dealkylation sites (tertiary alicyclic amines) is 1. The van der Waals surface area contributed by atoms with E-state index in [1.807, 2.05) is 6.07 Å². The molecule has 29 heavy (non-hydrogen) atoms. The van der Waals surface area contributed by atoms with E-state index in [0.29, 0.717) is 12.0 Å². The van der Waals surface area contributed by atoms with Gasteiger partial charge in [-0.15, -0.1) is 0 Å². The van der Waals surface area contributed by atoms with Gasteiger partial charge in [-0.2, -0.15) is 0 Å². The van der Waals surface area contributed by atoms with Gasteiger partial charge in [-0.1, -0.05) is 53.5 Å². The van der Waals surface area contributed by atoms with Crippen LogP contribution in [0.5, 0.6) is 0 Å². The van der Waals surface area contributed by atoms with Gasteiger partial charge in [-0.05, 0) is 67.6 Å². The van der Waals surface area contributed by atoms with Gasteiger partial charge in [0.05, 0.1) is 6.10 Å². The van der Waals surface area contributed by atoms with Crippen LogP contribution < -0.4 is 0 Å². The molecule has 0 radical (unpaired) electrons. The van der Waals surface area contributed by atoms with Gasteiger partial charge in [0.25, 0.3) is 0 Å². The Kier molecular flexibility index (Phi) is 7.49.